The Kier molecular flexibility index (Phi) is 11.3. The van der Waals surface area contributed by atoms with Crippen molar-refractivity contribution in [2.24, 2.45) is 22.2 Å². The molecular weight excluding hydrogens is 423 g/mol. The lowest BCUT2D eigenvalue weighted by molar-refractivity contribution is 0.0488. The van der Waals surface area contributed by atoms with E-state index in [4.69, 9.17) is 15.6 Å². The molecule has 1 saturated heterocycles. The first-order valence-corrected chi connectivity index (χ1v) is 11.9. The van der Waals surface area contributed by atoms with Gasteiger partial charge < -0.3 is 15.0 Å². The number of likely N-dealkylation sites (tertiary alicyclic amines) is 1. The van der Waals surface area contributed by atoms with Crippen molar-refractivity contribution in [2.75, 3.05) is 19.6 Å². The van der Waals surface area contributed by atoms with Gasteiger partial charge in [0.15, 0.2) is 0 Å². The van der Waals surface area contributed by atoms with Crippen LogP contribution in [-0.4, -0.2) is 54.1 Å². The number of rotatable bonds is 9. The van der Waals surface area contributed by atoms with E-state index in [1.54, 1.807) is 6.92 Å². The molecule has 9 heteroatoms. The number of carbonyl (C=O) groups excluding carboxylic acids is 1. The highest BCUT2D eigenvalue weighted by Crippen LogP contribution is 2.38. The van der Waals surface area contributed by atoms with E-state index in [1.165, 1.54) is 6.08 Å². The van der Waals surface area contributed by atoms with Gasteiger partial charge in [-0.25, -0.2) is 9.18 Å². The average molecular weight is 467 g/mol. The zero-order valence-corrected chi connectivity index (χ0v) is 21.4. The van der Waals surface area contributed by atoms with E-state index in [2.05, 4.69) is 21.7 Å². The zero-order valence-electron chi connectivity index (χ0n) is 21.4. The summed E-state index contributed by atoms with van der Waals surface area (Å²) < 4.78 is 20.1. The fourth-order valence-corrected chi connectivity index (χ4v) is 3.97. The van der Waals surface area contributed by atoms with E-state index >= 15 is 0 Å². The first kappa shape index (κ1) is 28.9. The number of nitrogens with one attached hydrogen (secondary N) is 2. The summed E-state index contributed by atoms with van der Waals surface area (Å²) in [4.78, 5) is 19.0. The maximum absolute atomic E-state index is 14.7. The number of hydrogen-bond donors (Lipinski definition) is 3. The SMILES string of the molecule is CC/C=C(/F)[C@](C)(C#N)[C@H](CC)CN=C(C(C)NN)N1CCC(NC(=O)OC(C)(C)C)CC1. The van der Waals surface area contributed by atoms with Gasteiger partial charge in [-0.2, -0.15) is 5.26 Å². The van der Waals surface area contributed by atoms with E-state index in [1.807, 2.05) is 41.5 Å². The number of piperidine rings is 1. The molecule has 0 radical (unpaired) electrons. The molecule has 3 atom stereocenters. The van der Waals surface area contributed by atoms with Crippen molar-refractivity contribution in [2.45, 2.75) is 91.8 Å². The van der Waals surface area contributed by atoms with E-state index in [0.717, 1.165) is 18.7 Å². The number of carbonyl (C=O) groups is 1. The fraction of sp³-hybridized carbons (Fsp3) is 0.792. The van der Waals surface area contributed by atoms with Crippen LogP contribution in [-0.2, 0) is 4.74 Å². The predicted octanol–water partition coefficient (Wildman–Crippen LogP) is 4.05. The summed E-state index contributed by atoms with van der Waals surface area (Å²) in [5.74, 6) is 5.84. The van der Waals surface area contributed by atoms with Crippen molar-refractivity contribution in [1.82, 2.24) is 15.6 Å². The second kappa shape index (κ2) is 12.9. The van der Waals surface area contributed by atoms with Gasteiger partial charge in [0.05, 0.1) is 12.1 Å². The summed E-state index contributed by atoms with van der Waals surface area (Å²) in [5, 5.41) is 12.7. The number of allylic oxidation sites excluding steroid dienone is 2. The van der Waals surface area contributed by atoms with Gasteiger partial charge in [-0.3, -0.25) is 16.3 Å². The molecule has 0 bridgehead atoms. The lowest BCUT2D eigenvalue weighted by atomic mass is 9.75. The molecule has 8 nitrogen and oxygen atoms in total. The molecule has 0 aliphatic carbocycles. The molecule has 4 N–H and O–H groups in total. The van der Waals surface area contributed by atoms with Gasteiger partial charge in [-0.15, -0.1) is 0 Å². The van der Waals surface area contributed by atoms with Crippen molar-refractivity contribution in [3.05, 3.63) is 11.9 Å². The van der Waals surface area contributed by atoms with E-state index in [9.17, 15) is 14.4 Å². The predicted molar refractivity (Wildman–Crippen MR) is 130 cm³/mol. The molecule has 1 aliphatic rings. The van der Waals surface area contributed by atoms with Gasteiger partial charge in [-0.1, -0.05) is 19.9 Å². The summed E-state index contributed by atoms with van der Waals surface area (Å²) in [6, 6.07) is 2.00. The number of nitrogens with two attached hydrogens (primary N) is 1. The molecule has 0 spiro atoms. The molecule has 33 heavy (non-hydrogen) atoms. The van der Waals surface area contributed by atoms with Crippen LogP contribution < -0.4 is 16.6 Å². The van der Waals surface area contributed by atoms with Crippen LogP contribution in [0.5, 0.6) is 0 Å². The number of hydrazine groups is 1. The summed E-state index contributed by atoms with van der Waals surface area (Å²) in [7, 11) is 0. The standard InChI is InChI=1S/C24H43FN6O2/c1-8-10-20(25)24(7,16-26)18(9-2)15-28-21(17(3)30-27)31-13-11-19(12-14-31)29-22(32)33-23(4,5)6/h10,17-19,30H,8-9,11-15,27H2,1-7H3,(H,29,32)/b20-10+,28-21?/t17?,18-,24-/m1/s1. The molecule has 1 aliphatic heterocycles. The highest BCUT2D eigenvalue weighted by Gasteiger charge is 2.38. The molecule has 0 aromatic heterocycles. The van der Waals surface area contributed by atoms with E-state index in [0.29, 0.717) is 32.5 Å². The maximum Gasteiger partial charge on any atom is 0.407 e. The Morgan fingerprint density at radius 3 is 2.39 bits per heavy atom. The van der Waals surface area contributed by atoms with Crippen LogP contribution in [0.15, 0.2) is 16.9 Å². The number of hydrogen-bond acceptors (Lipinski definition) is 6. The first-order valence-electron chi connectivity index (χ1n) is 11.9. The van der Waals surface area contributed by atoms with Gasteiger partial charge in [0.25, 0.3) is 0 Å². The van der Waals surface area contributed by atoms with Crippen LogP contribution >= 0.6 is 0 Å². The second-order valence-corrected chi connectivity index (χ2v) is 9.87. The van der Waals surface area contributed by atoms with Crippen molar-refractivity contribution < 1.29 is 13.9 Å². The van der Waals surface area contributed by atoms with Crippen LogP contribution in [0.4, 0.5) is 9.18 Å². The normalized spacial score (nSPS) is 19.9. The third kappa shape index (κ3) is 8.59. The molecule has 1 heterocycles. The molecule has 1 amide bonds. The molecule has 1 unspecified atom stereocenters. The fourth-order valence-electron chi connectivity index (χ4n) is 3.97. The Bertz CT molecular complexity index is 734. The number of halogens is 1. The quantitative estimate of drug-likeness (QED) is 0.204. The van der Waals surface area contributed by atoms with Crippen LogP contribution in [0.2, 0.25) is 0 Å². The lowest BCUT2D eigenvalue weighted by Crippen LogP contribution is -2.53. The van der Waals surface area contributed by atoms with Crippen molar-refractivity contribution in [1.29, 1.82) is 5.26 Å². The summed E-state index contributed by atoms with van der Waals surface area (Å²) in [5.41, 5.74) is 1.00. The van der Waals surface area contributed by atoms with Crippen LogP contribution in [0.3, 0.4) is 0 Å². The summed E-state index contributed by atoms with van der Waals surface area (Å²) in [6.45, 7) is 14.6. The van der Waals surface area contributed by atoms with E-state index < -0.39 is 22.9 Å². The second-order valence-electron chi connectivity index (χ2n) is 9.87. The molecule has 188 valence electrons. The number of alkyl carbamates (subject to hydrolysis) is 1. The Morgan fingerprint density at radius 1 is 1.33 bits per heavy atom. The molecular formula is C24H43FN6O2. The van der Waals surface area contributed by atoms with Gasteiger partial charge in [0, 0.05) is 31.6 Å². The summed E-state index contributed by atoms with van der Waals surface area (Å²) >= 11 is 0. The van der Waals surface area contributed by atoms with Crippen LogP contribution in [0.1, 0.15) is 74.1 Å². The largest absolute Gasteiger partial charge is 0.444 e. The van der Waals surface area contributed by atoms with Crippen molar-refractivity contribution in [3.63, 3.8) is 0 Å². The van der Waals surface area contributed by atoms with Crippen LogP contribution in [0.25, 0.3) is 0 Å². The number of nitriles is 1. The van der Waals surface area contributed by atoms with Crippen molar-refractivity contribution in [3.8, 4) is 6.07 Å². The maximum atomic E-state index is 14.7. The average Bonchev–Trinajstić information content (AvgIpc) is 2.75. The monoisotopic (exact) mass is 466 g/mol. The van der Waals surface area contributed by atoms with Gasteiger partial charge in [0.1, 0.15) is 22.7 Å². The number of amidine groups is 1. The number of amides is 1. The Morgan fingerprint density at radius 2 is 1.94 bits per heavy atom. The van der Waals surface area contributed by atoms with Crippen LogP contribution in [0, 0.1) is 22.7 Å². The lowest BCUT2D eigenvalue weighted by Gasteiger charge is -2.37. The third-order valence-electron chi connectivity index (χ3n) is 6.07. The smallest absolute Gasteiger partial charge is 0.407 e. The topological polar surface area (TPSA) is 116 Å². The van der Waals surface area contributed by atoms with Gasteiger partial charge in [-0.05, 0) is 60.3 Å². The summed E-state index contributed by atoms with van der Waals surface area (Å²) in [6.07, 6.45) is 3.72. The van der Waals surface area contributed by atoms with E-state index in [-0.39, 0.29) is 18.0 Å². The van der Waals surface area contributed by atoms with Gasteiger partial charge >= 0.3 is 6.09 Å². The Labute approximate surface area is 198 Å². The molecule has 1 fully saturated rings. The molecule has 0 aromatic carbocycles. The minimum atomic E-state index is -1.22. The molecule has 1 rings (SSSR count). The highest BCUT2D eigenvalue weighted by atomic mass is 19.1. The number of aliphatic imine (C=N–C) groups is 1. The highest BCUT2D eigenvalue weighted by molar-refractivity contribution is 5.87. The third-order valence-corrected chi connectivity index (χ3v) is 6.07. The number of nitrogens with zero attached hydrogens (tertiary/aromatic N) is 3. The molecule has 0 aromatic rings. The minimum Gasteiger partial charge on any atom is -0.444 e. The zero-order chi connectivity index (χ0) is 25.2. The number of ether oxygens (including phenoxy) is 1. The Balaban J connectivity index is 2.92. The van der Waals surface area contributed by atoms with Crippen molar-refractivity contribution >= 4 is 11.9 Å². The first-order chi connectivity index (χ1) is 15.4. The molecule has 0 saturated carbocycles. The minimum absolute atomic E-state index is 0.0250. The van der Waals surface area contributed by atoms with Gasteiger partial charge in [0.2, 0.25) is 0 Å². The Hall–Kier alpha value is -2.18.